The number of hydrogen-bond donors (Lipinski definition) is 1. The molecule has 3 heterocycles. The number of esters is 2. The van der Waals surface area contributed by atoms with E-state index in [1.54, 1.807) is 0 Å². The van der Waals surface area contributed by atoms with Crippen LogP contribution in [-0.2, 0) is 38.0 Å². The lowest BCUT2D eigenvalue weighted by Crippen LogP contribution is -2.57. The molecule has 0 aromatic heterocycles. The number of nitrogens with zero attached hydrogens (tertiary/aromatic N) is 1. The standard InChI is InChI=1S/C36H36N2O8/c1-41-33(39)29(34(40)42-2)30(26-18-17-22-11-9-10-16-25(22)19-26)37-38-27-20-43-35(23-12-5-3-6-13-23)45-31(27)32-28(38)21-44-36(46-32)24-14-7-4-8-15-24/h3-19,27-32,35-37H,20-21H2,1-2H3/t27-,28-,30+,31-,32-,35?,36?/m1/s1. The number of methoxy groups -OCH3 is 2. The van der Waals surface area contributed by atoms with Crippen LogP contribution in [-0.4, -0.2) is 68.7 Å². The van der Waals surface area contributed by atoms with Crippen molar-refractivity contribution >= 4 is 22.7 Å². The van der Waals surface area contributed by atoms with Gasteiger partial charge in [-0.15, -0.1) is 0 Å². The van der Waals surface area contributed by atoms with Gasteiger partial charge in [-0.25, -0.2) is 10.4 Å². The molecule has 4 aromatic carbocycles. The first kappa shape index (κ1) is 30.5. The van der Waals surface area contributed by atoms with E-state index >= 15 is 0 Å². The lowest BCUT2D eigenvalue weighted by atomic mass is 9.91. The largest absolute Gasteiger partial charge is 0.468 e. The van der Waals surface area contributed by atoms with Crippen LogP contribution in [0.25, 0.3) is 10.8 Å². The molecule has 3 aliphatic rings. The Morgan fingerprint density at radius 3 is 1.72 bits per heavy atom. The monoisotopic (exact) mass is 624 g/mol. The Bertz CT molecular complexity index is 1590. The van der Waals surface area contributed by atoms with E-state index in [1.165, 1.54) is 14.2 Å². The third-order valence-corrected chi connectivity index (χ3v) is 9.00. The average molecular weight is 625 g/mol. The summed E-state index contributed by atoms with van der Waals surface area (Å²) in [6, 6.07) is 31.8. The van der Waals surface area contributed by atoms with Gasteiger partial charge in [0.2, 0.25) is 0 Å². The van der Waals surface area contributed by atoms with Gasteiger partial charge < -0.3 is 28.4 Å². The van der Waals surface area contributed by atoms with Crippen molar-refractivity contribution in [2.24, 2.45) is 5.92 Å². The topological polar surface area (TPSA) is 105 Å². The molecule has 238 valence electrons. The molecular weight excluding hydrogens is 588 g/mol. The minimum absolute atomic E-state index is 0.301. The smallest absolute Gasteiger partial charge is 0.322 e. The molecule has 7 rings (SSSR count). The summed E-state index contributed by atoms with van der Waals surface area (Å²) in [6.45, 7) is 0.601. The highest BCUT2D eigenvalue weighted by atomic mass is 16.7. The predicted octanol–water partition coefficient (Wildman–Crippen LogP) is 4.63. The molecule has 7 atom stereocenters. The maximum absolute atomic E-state index is 13.2. The molecule has 0 aliphatic carbocycles. The molecule has 0 radical (unpaired) electrons. The van der Waals surface area contributed by atoms with Gasteiger partial charge in [-0.3, -0.25) is 9.59 Å². The summed E-state index contributed by atoms with van der Waals surface area (Å²) >= 11 is 0. The fraction of sp³-hybridized carbons (Fsp3) is 0.333. The number of carbonyl (C=O) groups is 2. The Morgan fingerprint density at radius 1 is 0.696 bits per heavy atom. The molecular formula is C36H36N2O8. The summed E-state index contributed by atoms with van der Waals surface area (Å²) < 4.78 is 36.1. The zero-order valence-electron chi connectivity index (χ0n) is 25.6. The van der Waals surface area contributed by atoms with E-state index in [0.29, 0.717) is 18.8 Å². The van der Waals surface area contributed by atoms with Crippen molar-refractivity contribution in [3.63, 3.8) is 0 Å². The quantitative estimate of drug-likeness (QED) is 0.221. The van der Waals surface area contributed by atoms with Gasteiger partial charge >= 0.3 is 11.9 Å². The molecule has 1 N–H and O–H groups in total. The summed E-state index contributed by atoms with van der Waals surface area (Å²) in [5, 5.41) is 3.97. The van der Waals surface area contributed by atoms with Crippen molar-refractivity contribution in [1.29, 1.82) is 0 Å². The highest BCUT2D eigenvalue weighted by Gasteiger charge is 2.57. The zero-order chi connectivity index (χ0) is 31.6. The van der Waals surface area contributed by atoms with Crippen molar-refractivity contribution in [2.75, 3.05) is 27.4 Å². The van der Waals surface area contributed by atoms with Crippen molar-refractivity contribution in [2.45, 2.75) is 42.9 Å². The van der Waals surface area contributed by atoms with E-state index in [0.717, 1.165) is 21.9 Å². The molecule has 10 heteroatoms. The lowest BCUT2D eigenvalue weighted by molar-refractivity contribution is -0.278. The Kier molecular flexibility index (Phi) is 8.81. The van der Waals surface area contributed by atoms with Gasteiger partial charge in [0.15, 0.2) is 18.5 Å². The Balaban J connectivity index is 1.26. The van der Waals surface area contributed by atoms with Crippen LogP contribution in [0.1, 0.15) is 35.3 Å². The first-order chi connectivity index (χ1) is 22.6. The van der Waals surface area contributed by atoms with Gasteiger partial charge in [-0.1, -0.05) is 97.1 Å². The van der Waals surface area contributed by atoms with Crippen LogP contribution in [0, 0.1) is 5.92 Å². The number of hydrogen-bond acceptors (Lipinski definition) is 10. The lowest BCUT2D eigenvalue weighted by Gasteiger charge is -2.39. The van der Waals surface area contributed by atoms with Gasteiger partial charge in [0.25, 0.3) is 0 Å². The summed E-state index contributed by atoms with van der Waals surface area (Å²) in [5.74, 6) is -2.74. The molecule has 2 unspecified atom stereocenters. The maximum atomic E-state index is 13.2. The first-order valence-electron chi connectivity index (χ1n) is 15.4. The van der Waals surface area contributed by atoms with E-state index in [1.807, 2.05) is 108 Å². The van der Waals surface area contributed by atoms with Gasteiger partial charge in [0, 0.05) is 11.1 Å². The van der Waals surface area contributed by atoms with Crippen LogP contribution in [0.5, 0.6) is 0 Å². The minimum atomic E-state index is -1.31. The van der Waals surface area contributed by atoms with E-state index in [4.69, 9.17) is 28.4 Å². The molecule has 10 nitrogen and oxygen atoms in total. The molecule has 0 saturated carbocycles. The van der Waals surface area contributed by atoms with E-state index < -0.39 is 48.7 Å². The highest BCUT2D eigenvalue weighted by Crippen LogP contribution is 2.43. The predicted molar refractivity (Wildman–Crippen MR) is 167 cm³/mol. The number of carbonyl (C=O) groups excluding carboxylic acids is 2. The number of rotatable bonds is 8. The number of benzene rings is 4. The molecule has 4 aromatic rings. The van der Waals surface area contributed by atoms with E-state index in [-0.39, 0.29) is 12.1 Å². The van der Waals surface area contributed by atoms with Gasteiger partial charge in [-0.05, 0) is 22.4 Å². The average Bonchev–Trinajstić information content (AvgIpc) is 3.43. The molecule has 3 aliphatic heterocycles. The molecule has 46 heavy (non-hydrogen) atoms. The summed E-state index contributed by atoms with van der Waals surface area (Å²) in [6.07, 6.45) is -2.00. The second-order valence-electron chi connectivity index (χ2n) is 11.6. The van der Waals surface area contributed by atoms with E-state index in [2.05, 4.69) is 5.43 Å². The van der Waals surface area contributed by atoms with Crippen LogP contribution in [0.15, 0.2) is 103 Å². The number of ether oxygens (including phenoxy) is 6. The van der Waals surface area contributed by atoms with E-state index in [9.17, 15) is 9.59 Å². The number of hydrazine groups is 1. The molecule has 3 fully saturated rings. The SMILES string of the molecule is COC(=O)C(C(=O)OC)[C@@H](NN1[C@@H]2COC(c3ccccc3)O[C@H]2[C@@H]2OC(c3ccccc3)OC[C@H]21)c1ccc2ccccc2c1. The third-order valence-electron chi connectivity index (χ3n) is 9.00. The van der Waals surface area contributed by atoms with Gasteiger partial charge in [0.05, 0.1) is 45.6 Å². The maximum Gasteiger partial charge on any atom is 0.322 e. The second kappa shape index (κ2) is 13.3. The van der Waals surface area contributed by atoms with Crippen LogP contribution in [0.4, 0.5) is 0 Å². The summed E-state index contributed by atoms with van der Waals surface area (Å²) in [4.78, 5) is 26.5. The highest BCUT2D eigenvalue weighted by molar-refractivity contribution is 5.96. The van der Waals surface area contributed by atoms with Crippen LogP contribution in [0.3, 0.4) is 0 Å². The summed E-state index contributed by atoms with van der Waals surface area (Å²) in [5.41, 5.74) is 6.06. The molecule has 0 bridgehead atoms. The Labute approximate surface area is 267 Å². The van der Waals surface area contributed by atoms with Crippen molar-refractivity contribution in [3.05, 3.63) is 120 Å². The minimum Gasteiger partial charge on any atom is -0.468 e. The van der Waals surface area contributed by atoms with Crippen LogP contribution >= 0.6 is 0 Å². The van der Waals surface area contributed by atoms with Crippen LogP contribution in [0.2, 0.25) is 0 Å². The molecule has 0 spiro atoms. The Morgan fingerprint density at radius 2 is 1.20 bits per heavy atom. The zero-order valence-corrected chi connectivity index (χ0v) is 25.6. The van der Waals surface area contributed by atoms with Crippen molar-refractivity contribution in [3.8, 4) is 0 Å². The van der Waals surface area contributed by atoms with Gasteiger partial charge in [0.1, 0.15) is 12.2 Å². The molecule has 3 saturated heterocycles. The first-order valence-corrected chi connectivity index (χ1v) is 15.4. The van der Waals surface area contributed by atoms with Crippen molar-refractivity contribution < 1.29 is 38.0 Å². The molecule has 0 amide bonds. The number of fused-ring (bicyclic) bond motifs is 4. The van der Waals surface area contributed by atoms with Gasteiger partial charge in [-0.2, -0.15) is 0 Å². The Hall–Kier alpha value is -4.16. The van der Waals surface area contributed by atoms with Crippen molar-refractivity contribution in [1.82, 2.24) is 10.4 Å². The third kappa shape index (κ3) is 5.79. The van der Waals surface area contributed by atoms with Crippen LogP contribution < -0.4 is 5.43 Å². The second-order valence-corrected chi connectivity index (χ2v) is 11.6. The summed E-state index contributed by atoms with van der Waals surface area (Å²) in [7, 11) is 2.52. The normalized spacial score (nSPS) is 26.7. The number of nitrogens with one attached hydrogen (secondary N) is 1. The fourth-order valence-electron chi connectivity index (χ4n) is 6.71. The fourth-order valence-corrected chi connectivity index (χ4v) is 6.71.